The first-order valence-corrected chi connectivity index (χ1v) is 3.30. The Kier molecular flexibility index (Phi) is 4.40. The molecule has 11 heavy (non-hydrogen) atoms. The van der Waals surface area contributed by atoms with Crippen LogP contribution < -0.4 is 0 Å². The molecule has 0 amide bonds. The van der Waals surface area contributed by atoms with E-state index < -0.39 is 5.97 Å². The molecule has 0 radical (unpaired) electrons. The number of hydrogen-bond donors (Lipinski definition) is 2. The molecule has 0 spiro atoms. The van der Waals surface area contributed by atoms with Gasteiger partial charge in [-0.2, -0.15) is 0 Å². The number of carboxylic acids is 1. The van der Waals surface area contributed by atoms with E-state index in [-0.39, 0.29) is 25.1 Å². The SMILES string of the molecule is Cl.O=C(O)CN1CCC(O)C1. The van der Waals surface area contributed by atoms with Gasteiger partial charge >= 0.3 is 5.97 Å². The second-order valence-corrected chi connectivity index (χ2v) is 2.57. The summed E-state index contributed by atoms with van der Waals surface area (Å²) in [5.74, 6) is -0.825. The summed E-state index contributed by atoms with van der Waals surface area (Å²) in [6.45, 7) is 1.26. The lowest BCUT2D eigenvalue weighted by Crippen LogP contribution is -2.28. The van der Waals surface area contributed by atoms with E-state index in [1.54, 1.807) is 4.90 Å². The molecule has 0 aromatic rings. The van der Waals surface area contributed by atoms with Crippen molar-refractivity contribution in [3.05, 3.63) is 0 Å². The van der Waals surface area contributed by atoms with E-state index in [1.807, 2.05) is 0 Å². The van der Waals surface area contributed by atoms with Crippen molar-refractivity contribution in [3.63, 3.8) is 0 Å². The highest BCUT2D eigenvalue weighted by Gasteiger charge is 2.21. The molecule has 5 heteroatoms. The van der Waals surface area contributed by atoms with Crippen LogP contribution in [0.1, 0.15) is 6.42 Å². The first-order chi connectivity index (χ1) is 4.68. The number of aliphatic hydroxyl groups excluding tert-OH is 1. The van der Waals surface area contributed by atoms with Gasteiger partial charge in [0.2, 0.25) is 0 Å². The van der Waals surface area contributed by atoms with E-state index in [2.05, 4.69) is 0 Å². The molecule has 0 bridgehead atoms. The van der Waals surface area contributed by atoms with E-state index >= 15 is 0 Å². The van der Waals surface area contributed by atoms with Gasteiger partial charge in [0.15, 0.2) is 0 Å². The van der Waals surface area contributed by atoms with E-state index in [9.17, 15) is 4.79 Å². The Hall–Kier alpha value is -0.320. The number of nitrogens with zero attached hydrogens (tertiary/aromatic N) is 1. The van der Waals surface area contributed by atoms with Gasteiger partial charge in [-0.15, -0.1) is 12.4 Å². The minimum absolute atomic E-state index is 0. The highest BCUT2D eigenvalue weighted by Crippen LogP contribution is 2.06. The van der Waals surface area contributed by atoms with Crippen LogP contribution in [0.25, 0.3) is 0 Å². The predicted octanol–water partition coefficient (Wildman–Crippen LogP) is -0.441. The van der Waals surface area contributed by atoms with Gasteiger partial charge in [-0.25, -0.2) is 0 Å². The Bertz CT molecular complexity index is 142. The number of aliphatic hydroxyl groups is 1. The Morgan fingerprint density at radius 1 is 1.64 bits per heavy atom. The van der Waals surface area contributed by atoms with Crippen LogP contribution in [0, 0.1) is 0 Å². The van der Waals surface area contributed by atoms with Crippen LogP contribution in [0.3, 0.4) is 0 Å². The highest BCUT2D eigenvalue weighted by molar-refractivity contribution is 5.85. The van der Waals surface area contributed by atoms with Crippen LogP contribution in [0.2, 0.25) is 0 Å². The van der Waals surface area contributed by atoms with Gasteiger partial charge in [0.05, 0.1) is 12.6 Å². The molecule has 0 aromatic carbocycles. The smallest absolute Gasteiger partial charge is 0.317 e. The minimum atomic E-state index is -0.825. The molecule has 0 saturated carbocycles. The number of hydrogen-bond acceptors (Lipinski definition) is 3. The molecule has 1 aliphatic rings. The normalized spacial score (nSPS) is 24.6. The zero-order valence-electron chi connectivity index (χ0n) is 6.06. The standard InChI is InChI=1S/C6H11NO3.ClH/c8-5-1-2-7(3-5)4-6(9)10;/h5,8H,1-4H2,(H,9,10);1H. The van der Waals surface area contributed by atoms with Crippen LogP contribution >= 0.6 is 12.4 Å². The molecule has 1 rings (SSSR count). The van der Waals surface area contributed by atoms with Gasteiger partial charge in [0.1, 0.15) is 0 Å². The van der Waals surface area contributed by atoms with Crippen LogP contribution in [0.4, 0.5) is 0 Å². The molecule has 2 N–H and O–H groups in total. The first kappa shape index (κ1) is 10.7. The number of likely N-dealkylation sites (tertiary alicyclic amines) is 1. The molecule has 1 fully saturated rings. The third kappa shape index (κ3) is 3.55. The summed E-state index contributed by atoms with van der Waals surface area (Å²) in [7, 11) is 0. The summed E-state index contributed by atoms with van der Waals surface area (Å²) < 4.78 is 0. The van der Waals surface area contributed by atoms with Gasteiger partial charge in [-0.1, -0.05) is 0 Å². The third-order valence-electron chi connectivity index (χ3n) is 1.61. The van der Waals surface area contributed by atoms with Gasteiger partial charge in [-0.05, 0) is 6.42 Å². The van der Waals surface area contributed by atoms with Crippen molar-refractivity contribution >= 4 is 18.4 Å². The lowest BCUT2D eigenvalue weighted by molar-refractivity contribution is -0.138. The van der Waals surface area contributed by atoms with Crippen molar-refractivity contribution in [1.29, 1.82) is 0 Å². The summed E-state index contributed by atoms with van der Waals surface area (Å²) in [4.78, 5) is 11.9. The molecule has 66 valence electrons. The molecule has 1 heterocycles. The summed E-state index contributed by atoms with van der Waals surface area (Å²) in [5, 5.41) is 17.3. The fraction of sp³-hybridized carbons (Fsp3) is 0.833. The summed E-state index contributed by atoms with van der Waals surface area (Å²) in [6.07, 6.45) is 0.382. The zero-order chi connectivity index (χ0) is 7.56. The van der Waals surface area contributed by atoms with Crippen LogP contribution in [0.15, 0.2) is 0 Å². The van der Waals surface area contributed by atoms with E-state index in [4.69, 9.17) is 10.2 Å². The first-order valence-electron chi connectivity index (χ1n) is 3.30. The molecule has 0 aliphatic carbocycles. The summed E-state index contributed by atoms with van der Waals surface area (Å²) in [6, 6.07) is 0. The molecule has 1 saturated heterocycles. The van der Waals surface area contributed by atoms with Crippen molar-refractivity contribution in [3.8, 4) is 0 Å². The zero-order valence-corrected chi connectivity index (χ0v) is 6.88. The maximum Gasteiger partial charge on any atom is 0.317 e. The van der Waals surface area contributed by atoms with Gasteiger partial charge in [0.25, 0.3) is 0 Å². The van der Waals surface area contributed by atoms with Crippen molar-refractivity contribution in [1.82, 2.24) is 4.90 Å². The Balaban J connectivity index is 0.000001000. The molecule has 1 unspecified atom stereocenters. The van der Waals surface area contributed by atoms with Gasteiger partial charge in [0, 0.05) is 13.1 Å². The number of rotatable bonds is 2. The topological polar surface area (TPSA) is 60.8 Å². The van der Waals surface area contributed by atoms with Gasteiger partial charge < -0.3 is 10.2 Å². The summed E-state index contributed by atoms with van der Waals surface area (Å²) in [5.41, 5.74) is 0. The monoisotopic (exact) mass is 181 g/mol. The molecule has 4 nitrogen and oxygen atoms in total. The lowest BCUT2D eigenvalue weighted by Gasteiger charge is -2.09. The highest BCUT2D eigenvalue weighted by atomic mass is 35.5. The average Bonchev–Trinajstić information content (AvgIpc) is 2.13. The fourth-order valence-electron chi connectivity index (χ4n) is 1.15. The largest absolute Gasteiger partial charge is 0.480 e. The quantitative estimate of drug-likeness (QED) is 0.607. The van der Waals surface area contributed by atoms with E-state index in [0.717, 1.165) is 0 Å². The predicted molar refractivity (Wildman–Crippen MR) is 41.9 cm³/mol. The third-order valence-corrected chi connectivity index (χ3v) is 1.61. The Morgan fingerprint density at radius 3 is 2.64 bits per heavy atom. The summed E-state index contributed by atoms with van der Waals surface area (Å²) >= 11 is 0. The molecule has 1 atom stereocenters. The van der Waals surface area contributed by atoms with E-state index in [1.165, 1.54) is 0 Å². The number of β-amino-alcohol motifs (C(OH)–C–C–N with tert-alkyl or cyclic N) is 1. The fourth-order valence-corrected chi connectivity index (χ4v) is 1.15. The van der Waals surface area contributed by atoms with Crippen LogP contribution in [-0.4, -0.2) is 46.8 Å². The van der Waals surface area contributed by atoms with Crippen molar-refractivity contribution in [2.45, 2.75) is 12.5 Å². The van der Waals surface area contributed by atoms with E-state index in [0.29, 0.717) is 19.5 Å². The van der Waals surface area contributed by atoms with Gasteiger partial charge in [-0.3, -0.25) is 9.69 Å². The second kappa shape index (κ2) is 4.54. The number of halogens is 1. The van der Waals surface area contributed by atoms with Crippen LogP contribution in [-0.2, 0) is 4.79 Å². The Labute approximate surface area is 71.2 Å². The molecular formula is C6H12ClNO3. The van der Waals surface area contributed by atoms with Crippen molar-refractivity contribution in [2.75, 3.05) is 19.6 Å². The van der Waals surface area contributed by atoms with Crippen LogP contribution in [0.5, 0.6) is 0 Å². The Morgan fingerprint density at radius 2 is 2.27 bits per heavy atom. The molecule has 1 aliphatic heterocycles. The second-order valence-electron chi connectivity index (χ2n) is 2.57. The maximum atomic E-state index is 10.1. The number of carboxylic acid groups (broad SMARTS) is 1. The van der Waals surface area contributed by atoms with Crippen molar-refractivity contribution < 1.29 is 15.0 Å². The average molecular weight is 182 g/mol. The molecular weight excluding hydrogens is 170 g/mol. The van der Waals surface area contributed by atoms with Crippen molar-refractivity contribution in [2.24, 2.45) is 0 Å². The number of aliphatic carboxylic acids is 1. The maximum absolute atomic E-state index is 10.1. The minimum Gasteiger partial charge on any atom is -0.480 e. The molecule has 0 aromatic heterocycles. The number of carbonyl (C=O) groups is 1. The lowest BCUT2D eigenvalue weighted by atomic mass is 10.3.